The van der Waals surface area contributed by atoms with Gasteiger partial charge in [0.15, 0.2) is 0 Å². The van der Waals surface area contributed by atoms with Gasteiger partial charge in [-0.05, 0) is 13.0 Å². The predicted molar refractivity (Wildman–Crippen MR) is 34.6 cm³/mol. The number of rotatable bonds is 2. The van der Waals surface area contributed by atoms with E-state index in [1.807, 2.05) is 0 Å². The Bertz CT molecular complexity index is 120. The van der Waals surface area contributed by atoms with E-state index in [-0.39, 0.29) is 5.91 Å². The molecule has 3 nitrogen and oxygen atoms in total. The van der Waals surface area contributed by atoms with E-state index in [0.717, 1.165) is 0 Å². The van der Waals surface area contributed by atoms with E-state index in [4.69, 9.17) is 5.11 Å². The molecule has 0 heterocycles. The first-order chi connectivity index (χ1) is 4.16. The molecule has 1 unspecified atom stereocenters. The third-order valence-electron chi connectivity index (χ3n) is 0.726. The van der Waals surface area contributed by atoms with Gasteiger partial charge < -0.3 is 10.4 Å². The van der Waals surface area contributed by atoms with Crippen molar-refractivity contribution in [3.05, 3.63) is 12.2 Å². The van der Waals surface area contributed by atoms with E-state index in [1.165, 1.54) is 13.0 Å². The van der Waals surface area contributed by atoms with Gasteiger partial charge in [0, 0.05) is 6.92 Å². The number of nitrogens with one attached hydrogen (secondary N) is 1. The van der Waals surface area contributed by atoms with Crippen LogP contribution in [0.15, 0.2) is 12.2 Å². The molecule has 0 spiro atoms. The third-order valence-corrected chi connectivity index (χ3v) is 0.726. The smallest absolute Gasteiger partial charge is 0.219 e. The zero-order valence-corrected chi connectivity index (χ0v) is 5.59. The molecule has 1 atom stereocenters. The summed E-state index contributed by atoms with van der Waals surface area (Å²) in [6, 6.07) is 0. The lowest BCUT2D eigenvalue weighted by Crippen LogP contribution is -2.30. The Morgan fingerprint density at radius 2 is 2.33 bits per heavy atom. The van der Waals surface area contributed by atoms with Gasteiger partial charge in [0.1, 0.15) is 6.23 Å². The minimum absolute atomic E-state index is 0.236. The monoisotopic (exact) mass is 129 g/mol. The van der Waals surface area contributed by atoms with Gasteiger partial charge in [-0.25, -0.2) is 0 Å². The van der Waals surface area contributed by atoms with Crippen LogP contribution in [0, 0.1) is 0 Å². The van der Waals surface area contributed by atoms with Crippen molar-refractivity contribution < 1.29 is 9.90 Å². The van der Waals surface area contributed by atoms with Crippen molar-refractivity contribution in [1.82, 2.24) is 5.32 Å². The summed E-state index contributed by atoms with van der Waals surface area (Å²) in [5, 5.41) is 11.1. The molecule has 0 saturated carbocycles. The lowest BCUT2D eigenvalue weighted by molar-refractivity contribution is -0.121. The maximum atomic E-state index is 10.2. The molecule has 52 valence electrons. The number of carbonyl (C=O) groups is 1. The van der Waals surface area contributed by atoms with Crippen molar-refractivity contribution in [2.45, 2.75) is 20.1 Å². The van der Waals surface area contributed by atoms with Gasteiger partial charge in [-0.15, -0.1) is 0 Å². The second-order valence-electron chi connectivity index (χ2n) is 1.67. The van der Waals surface area contributed by atoms with Crippen molar-refractivity contribution in [3.8, 4) is 0 Å². The van der Waals surface area contributed by atoms with Gasteiger partial charge in [0.2, 0.25) is 5.91 Å². The largest absolute Gasteiger partial charge is 0.370 e. The van der Waals surface area contributed by atoms with Gasteiger partial charge in [0.25, 0.3) is 0 Å². The van der Waals surface area contributed by atoms with Crippen LogP contribution in [0.25, 0.3) is 0 Å². The topological polar surface area (TPSA) is 49.3 Å². The molecular weight excluding hydrogens is 118 g/mol. The lowest BCUT2D eigenvalue weighted by atomic mass is 10.4. The second kappa shape index (κ2) is 4.09. The Morgan fingerprint density at radius 1 is 1.78 bits per heavy atom. The van der Waals surface area contributed by atoms with Crippen LogP contribution >= 0.6 is 0 Å². The molecule has 0 aliphatic carbocycles. The Kier molecular flexibility index (Phi) is 3.71. The van der Waals surface area contributed by atoms with Crippen LogP contribution < -0.4 is 5.32 Å². The highest BCUT2D eigenvalue weighted by Gasteiger charge is 1.96. The van der Waals surface area contributed by atoms with Crippen LogP contribution in [-0.2, 0) is 4.79 Å². The molecule has 0 rings (SSSR count). The Labute approximate surface area is 54.4 Å². The number of aliphatic hydroxyl groups excluding tert-OH is 1. The van der Waals surface area contributed by atoms with E-state index in [2.05, 4.69) is 5.32 Å². The molecular formula is C6H11NO2. The molecule has 0 bridgehead atoms. The first-order valence-electron chi connectivity index (χ1n) is 2.75. The fourth-order valence-electron chi connectivity index (χ4n) is 0.439. The maximum absolute atomic E-state index is 10.2. The molecule has 3 heteroatoms. The lowest BCUT2D eigenvalue weighted by Gasteiger charge is -2.03. The molecule has 2 N–H and O–H groups in total. The zero-order chi connectivity index (χ0) is 7.28. The van der Waals surface area contributed by atoms with Gasteiger partial charge in [-0.3, -0.25) is 4.79 Å². The maximum Gasteiger partial charge on any atom is 0.219 e. The SMILES string of the molecule is C/C=C\C(O)NC(C)=O. The van der Waals surface area contributed by atoms with Crippen molar-refractivity contribution in [2.75, 3.05) is 0 Å². The zero-order valence-electron chi connectivity index (χ0n) is 5.59. The molecule has 0 fully saturated rings. The van der Waals surface area contributed by atoms with Crippen molar-refractivity contribution in [1.29, 1.82) is 0 Å². The van der Waals surface area contributed by atoms with Gasteiger partial charge in [-0.2, -0.15) is 0 Å². The van der Waals surface area contributed by atoms with Crippen LogP contribution in [0.1, 0.15) is 13.8 Å². The average molecular weight is 129 g/mol. The molecule has 0 aliphatic rings. The van der Waals surface area contributed by atoms with Gasteiger partial charge in [-0.1, -0.05) is 6.08 Å². The van der Waals surface area contributed by atoms with E-state index >= 15 is 0 Å². The summed E-state index contributed by atoms with van der Waals surface area (Å²) >= 11 is 0. The summed E-state index contributed by atoms with van der Waals surface area (Å²) in [7, 11) is 0. The van der Waals surface area contributed by atoms with Crippen molar-refractivity contribution in [3.63, 3.8) is 0 Å². The molecule has 0 saturated heterocycles. The van der Waals surface area contributed by atoms with E-state index in [0.29, 0.717) is 0 Å². The highest BCUT2D eigenvalue weighted by Crippen LogP contribution is 1.78. The first-order valence-corrected chi connectivity index (χ1v) is 2.75. The molecule has 0 aromatic heterocycles. The van der Waals surface area contributed by atoms with Crippen LogP contribution in [0.3, 0.4) is 0 Å². The number of aliphatic hydroxyl groups is 1. The minimum Gasteiger partial charge on any atom is -0.370 e. The Hall–Kier alpha value is -0.830. The normalized spacial score (nSPS) is 13.7. The Morgan fingerprint density at radius 3 is 2.67 bits per heavy atom. The number of hydrogen-bond donors (Lipinski definition) is 2. The van der Waals surface area contributed by atoms with E-state index < -0.39 is 6.23 Å². The fraction of sp³-hybridized carbons (Fsp3) is 0.500. The number of amides is 1. The van der Waals surface area contributed by atoms with Crippen LogP contribution in [0.5, 0.6) is 0 Å². The predicted octanol–water partition coefficient (Wildman–Crippen LogP) is 0.0170. The van der Waals surface area contributed by atoms with E-state index in [1.54, 1.807) is 13.0 Å². The summed E-state index contributed by atoms with van der Waals surface area (Å²) in [6.45, 7) is 3.12. The summed E-state index contributed by atoms with van der Waals surface area (Å²) < 4.78 is 0. The Balaban J connectivity index is 3.50. The highest BCUT2D eigenvalue weighted by molar-refractivity contribution is 5.73. The number of carbonyl (C=O) groups excluding carboxylic acids is 1. The van der Waals surface area contributed by atoms with Gasteiger partial charge in [0.05, 0.1) is 0 Å². The number of allylic oxidation sites excluding steroid dienone is 1. The average Bonchev–Trinajstić information content (AvgIpc) is 1.63. The van der Waals surface area contributed by atoms with Crippen molar-refractivity contribution >= 4 is 5.91 Å². The van der Waals surface area contributed by atoms with Crippen LogP contribution in [0.2, 0.25) is 0 Å². The quantitative estimate of drug-likeness (QED) is 0.408. The third kappa shape index (κ3) is 5.03. The van der Waals surface area contributed by atoms with Crippen LogP contribution in [0.4, 0.5) is 0 Å². The van der Waals surface area contributed by atoms with Crippen LogP contribution in [-0.4, -0.2) is 17.2 Å². The summed E-state index contributed by atoms with van der Waals surface area (Å²) in [5.74, 6) is -0.236. The first kappa shape index (κ1) is 8.17. The minimum atomic E-state index is -0.840. The molecule has 9 heavy (non-hydrogen) atoms. The summed E-state index contributed by atoms with van der Waals surface area (Å²) in [4.78, 5) is 10.2. The van der Waals surface area contributed by atoms with E-state index in [9.17, 15) is 4.79 Å². The van der Waals surface area contributed by atoms with Crippen molar-refractivity contribution in [2.24, 2.45) is 0 Å². The summed E-state index contributed by atoms with van der Waals surface area (Å²) in [6.07, 6.45) is 2.31. The van der Waals surface area contributed by atoms with Gasteiger partial charge >= 0.3 is 0 Å². The number of hydrogen-bond acceptors (Lipinski definition) is 2. The highest BCUT2D eigenvalue weighted by atomic mass is 16.3. The fourth-order valence-corrected chi connectivity index (χ4v) is 0.439. The summed E-state index contributed by atoms with van der Waals surface area (Å²) in [5.41, 5.74) is 0. The standard InChI is InChI=1S/C6H11NO2/c1-3-4-6(9)7-5(2)8/h3-4,6,9H,1-2H3,(H,7,8)/b4-3-. The molecule has 0 aliphatic heterocycles. The molecule has 0 aromatic carbocycles. The molecule has 1 amide bonds. The molecule has 0 aromatic rings. The second-order valence-corrected chi connectivity index (χ2v) is 1.67. The molecule has 0 radical (unpaired) electrons.